The van der Waals surface area contributed by atoms with Crippen molar-refractivity contribution in [3.05, 3.63) is 48.3 Å². The summed E-state index contributed by atoms with van der Waals surface area (Å²) < 4.78 is 22.9. The second-order valence-electron chi connectivity index (χ2n) is 7.89. The maximum atomic E-state index is 11.9. The monoisotopic (exact) mass is 697 g/mol. The number of rotatable bonds is 7. The van der Waals surface area contributed by atoms with E-state index in [0.29, 0.717) is 17.7 Å². The molecule has 2 N–H and O–H groups in total. The van der Waals surface area contributed by atoms with Crippen LogP contribution in [0.25, 0.3) is 0 Å². The summed E-state index contributed by atoms with van der Waals surface area (Å²) >= 11 is 0. The van der Waals surface area contributed by atoms with Crippen LogP contribution in [0.1, 0.15) is 11.3 Å². The zero-order chi connectivity index (χ0) is 23.4. The molecule has 2 aromatic rings. The van der Waals surface area contributed by atoms with Gasteiger partial charge >= 0.3 is 19.1 Å². The maximum absolute atomic E-state index is 11.9. The van der Waals surface area contributed by atoms with Crippen LogP contribution in [0.2, 0.25) is 0 Å². The van der Waals surface area contributed by atoms with Gasteiger partial charge in [0.1, 0.15) is 5.69 Å². The van der Waals surface area contributed by atoms with E-state index in [4.69, 9.17) is 23.9 Å². The molecular formula is C20H24BN4O8U-. The van der Waals surface area contributed by atoms with Crippen LogP contribution in [0.4, 0.5) is 0 Å². The summed E-state index contributed by atoms with van der Waals surface area (Å²) in [6, 6.07) is 7.08. The largest absolute Gasteiger partial charge is 0.636 e. The van der Waals surface area contributed by atoms with E-state index in [0.717, 1.165) is 5.56 Å². The number of carbonyl (C=O) groups excluding carboxylic acids is 2. The van der Waals surface area contributed by atoms with Crippen molar-refractivity contribution < 1.29 is 69.7 Å². The van der Waals surface area contributed by atoms with Crippen molar-refractivity contribution >= 4 is 24.5 Å². The van der Waals surface area contributed by atoms with E-state index in [-0.39, 0.29) is 57.4 Å². The molecule has 14 heteroatoms. The molecule has 3 atom stereocenters. The molecule has 12 nitrogen and oxygen atoms in total. The number of hydrogen-bond donors (Lipinski definition) is 2. The molecule has 4 rings (SSSR count). The Bertz CT molecular complexity index is 958. The molecule has 0 radical (unpaired) electrons. The van der Waals surface area contributed by atoms with Gasteiger partial charge in [-0.25, -0.2) is 4.68 Å². The van der Waals surface area contributed by atoms with Gasteiger partial charge in [-0.15, -0.1) is 5.10 Å². The molecule has 3 heterocycles. The van der Waals surface area contributed by atoms with E-state index in [1.54, 1.807) is 30.1 Å². The third-order valence-electron chi connectivity index (χ3n) is 5.17. The molecule has 34 heavy (non-hydrogen) atoms. The third kappa shape index (κ3) is 6.88. The van der Waals surface area contributed by atoms with Crippen molar-refractivity contribution in [1.29, 1.82) is 0 Å². The van der Waals surface area contributed by atoms with Crippen LogP contribution in [0.5, 0.6) is 0 Å². The molecule has 180 valence electrons. The van der Waals surface area contributed by atoms with E-state index < -0.39 is 37.4 Å². The SMILES string of the molecule is CN1CC(=O)OB(c2ccc(Cn3cc(COC4[CH-]O[C@H](CO)C4O)nn3)cc2)OC(=O)C1.[U]. The van der Waals surface area contributed by atoms with Crippen molar-refractivity contribution in [2.75, 3.05) is 26.7 Å². The molecule has 2 aliphatic heterocycles. The minimum Gasteiger partial charge on any atom is -0.544 e. The van der Waals surface area contributed by atoms with Gasteiger partial charge in [-0.3, -0.25) is 14.5 Å². The molecule has 1 aromatic carbocycles. The summed E-state index contributed by atoms with van der Waals surface area (Å²) in [5, 5.41) is 27.2. The molecule has 2 unspecified atom stereocenters. The Balaban J connectivity index is 0.00000324. The topological polar surface area (TPSA) is 145 Å². The molecule has 0 aliphatic carbocycles. The normalized spacial score (nSPS) is 23.6. The number of nitrogens with zero attached hydrogens (tertiary/aromatic N) is 4. The zero-order valence-electron chi connectivity index (χ0n) is 18.4. The maximum Gasteiger partial charge on any atom is 0.636 e. The molecular weight excluding hydrogens is 673 g/mol. The van der Waals surface area contributed by atoms with Gasteiger partial charge in [0.2, 0.25) is 0 Å². The molecule has 0 bridgehead atoms. The number of aromatic nitrogens is 3. The Morgan fingerprint density at radius 1 is 1.21 bits per heavy atom. The number of ether oxygens (including phenoxy) is 2. The number of likely N-dealkylation sites (N-methyl/N-ethyl adjacent to an activating group) is 1. The second kappa shape index (κ2) is 12.3. The first-order chi connectivity index (χ1) is 15.9. The fourth-order valence-electron chi connectivity index (χ4n) is 3.44. The van der Waals surface area contributed by atoms with Gasteiger partial charge in [0.15, 0.2) is 0 Å². The molecule has 2 fully saturated rings. The smallest absolute Gasteiger partial charge is 0.544 e. The first-order valence-electron chi connectivity index (χ1n) is 10.4. The van der Waals surface area contributed by atoms with Gasteiger partial charge in [-0.05, 0) is 18.7 Å². The number of carbonyl (C=O) groups is 2. The van der Waals surface area contributed by atoms with Crippen LogP contribution in [0, 0.1) is 37.7 Å². The van der Waals surface area contributed by atoms with Crippen LogP contribution >= 0.6 is 0 Å². The van der Waals surface area contributed by atoms with Crippen molar-refractivity contribution in [1.82, 2.24) is 19.9 Å². The zero-order valence-corrected chi connectivity index (χ0v) is 22.6. The average Bonchev–Trinajstić information content (AvgIpc) is 3.36. The summed E-state index contributed by atoms with van der Waals surface area (Å²) in [6.07, 6.45) is -0.573. The predicted octanol–water partition coefficient (Wildman–Crippen LogP) is -2.15. The molecule has 1 aromatic heterocycles. The quantitative estimate of drug-likeness (QED) is 0.242. The first-order valence-corrected chi connectivity index (χ1v) is 10.4. The molecule has 0 amide bonds. The number of aliphatic hydroxyl groups is 2. The summed E-state index contributed by atoms with van der Waals surface area (Å²) in [7, 11) is 0.552. The van der Waals surface area contributed by atoms with E-state index in [2.05, 4.69) is 10.3 Å². The summed E-state index contributed by atoms with van der Waals surface area (Å²) in [4.78, 5) is 25.4. The Morgan fingerprint density at radius 2 is 1.88 bits per heavy atom. The summed E-state index contributed by atoms with van der Waals surface area (Å²) in [5.41, 5.74) is 2.02. The van der Waals surface area contributed by atoms with Crippen molar-refractivity contribution in [3.63, 3.8) is 0 Å². The Morgan fingerprint density at radius 3 is 2.50 bits per heavy atom. The number of aliphatic hydroxyl groups excluding tert-OH is 2. The van der Waals surface area contributed by atoms with Gasteiger partial charge in [0, 0.05) is 36.6 Å². The molecule has 2 aliphatic rings. The van der Waals surface area contributed by atoms with Crippen LogP contribution in [-0.2, 0) is 41.5 Å². The van der Waals surface area contributed by atoms with E-state index in [1.807, 2.05) is 12.1 Å². The second-order valence-corrected chi connectivity index (χ2v) is 7.89. The van der Waals surface area contributed by atoms with Gasteiger partial charge < -0.3 is 29.0 Å². The summed E-state index contributed by atoms with van der Waals surface area (Å²) in [5.74, 6) is -0.949. The van der Waals surface area contributed by atoms with Gasteiger partial charge in [0.25, 0.3) is 0 Å². The van der Waals surface area contributed by atoms with E-state index in [9.17, 15) is 14.7 Å². The van der Waals surface area contributed by atoms with Crippen LogP contribution < -0.4 is 5.46 Å². The van der Waals surface area contributed by atoms with Crippen LogP contribution in [0.15, 0.2) is 30.5 Å². The first kappa shape index (κ1) is 26.8. The van der Waals surface area contributed by atoms with Crippen LogP contribution in [-0.4, -0.2) is 94.2 Å². The van der Waals surface area contributed by atoms with Crippen LogP contribution in [0.3, 0.4) is 0 Å². The van der Waals surface area contributed by atoms with Crippen molar-refractivity contribution in [2.24, 2.45) is 0 Å². The minimum absolute atomic E-state index is 0. The van der Waals surface area contributed by atoms with E-state index in [1.165, 1.54) is 11.5 Å². The Kier molecular flexibility index (Phi) is 9.67. The third-order valence-corrected chi connectivity index (χ3v) is 5.17. The summed E-state index contributed by atoms with van der Waals surface area (Å²) in [6.45, 7) is 1.63. The molecule has 0 saturated carbocycles. The van der Waals surface area contributed by atoms with Crippen molar-refractivity contribution in [3.8, 4) is 0 Å². The molecule has 2 saturated heterocycles. The fraction of sp³-hybridized carbons (Fsp3) is 0.450. The minimum atomic E-state index is -1.08. The fourth-order valence-corrected chi connectivity index (χ4v) is 3.44. The van der Waals surface area contributed by atoms with Crippen molar-refractivity contribution in [2.45, 2.75) is 31.5 Å². The van der Waals surface area contributed by atoms with Gasteiger partial charge in [-0.1, -0.05) is 29.5 Å². The van der Waals surface area contributed by atoms with Gasteiger partial charge in [-0.2, -0.15) is 6.61 Å². The molecule has 0 spiro atoms. The van der Waals surface area contributed by atoms with E-state index >= 15 is 0 Å². The van der Waals surface area contributed by atoms with Gasteiger partial charge in [0.05, 0.1) is 51.3 Å². The standard InChI is InChI=1S/C20H24BN4O8.U/c1-24-8-18(27)32-21(33-19(28)9-24)14-4-2-13(3-5-14)6-25-7-15(22-23-25)11-30-17-12-31-16(10-26)20(17)29;/h2-5,7,12,16-17,20,26,29H,6,8-11H2,1H3;/q-1;/t16-,17?,20?;/m1./s1. The number of benzene rings is 1. The Labute approximate surface area is 220 Å². The Hall–Kier alpha value is -1.78. The number of hydrogen-bond acceptors (Lipinski definition) is 11. The average molecular weight is 697 g/mol. The predicted molar refractivity (Wildman–Crippen MR) is 111 cm³/mol.